The first-order valence-electron chi connectivity index (χ1n) is 11.9. The minimum atomic E-state index is -0.577. The Labute approximate surface area is 241 Å². The zero-order valence-electron chi connectivity index (χ0n) is 20.3. The number of benzene rings is 2. The summed E-state index contributed by atoms with van der Waals surface area (Å²) < 4.78 is 1.32. The summed E-state index contributed by atoms with van der Waals surface area (Å²) in [5.74, 6) is -0.616. The molecule has 0 saturated heterocycles. The smallest absolute Gasteiger partial charge is 0.234 e. The quantitative estimate of drug-likeness (QED) is 0.355. The molecule has 2 aromatic carbocycles. The number of aromatic nitrogens is 2. The molecular formula is C27H20BrN7O2S2. The summed E-state index contributed by atoms with van der Waals surface area (Å²) in [6.07, 6.45) is 1.66. The number of anilines is 2. The van der Waals surface area contributed by atoms with E-state index in [4.69, 9.17) is 5.73 Å². The molecule has 1 atom stereocenters. The number of ketones is 1. The molecule has 2 heterocycles. The van der Waals surface area contributed by atoms with Gasteiger partial charge in [-0.2, -0.15) is 10.5 Å². The van der Waals surface area contributed by atoms with Gasteiger partial charge in [0.25, 0.3) is 0 Å². The summed E-state index contributed by atoms with van der Waals surface area (Å²) >= 11 is 5.99. The summed E-state index contributed by atoms with van der Waals surface area (Å²) in [4.78, 5) is 27.5. The first-order chi connectivity index (χ1) is 18.9. The first-order valence-corrected chi connectivity index (χ1v) is 14.5. The van der Waals surface area contributed by atoms with E-state index in [-0.39, 0.29) is 28.8 Å². The Kier molecular flexibility index (Phi) is 7.79. The molecule has 1 aliphatic carbocycles. The third kappa shape index (κ3) is 5.19. The van der Waals surface area contributed by atoms with Crippen molar-refractivity contribution in [3.63, 3.8) is 0 Å². The van der Waals surface area contributed by atoms with Gasteiger partial charge in [-0.05, 0) is 36.6 Å². The average molecular weight is 619 g/mol. The van der Waals surface area contributed by atoms with Crippen LogP contribution in [0.4, 0.5) is 10.8 Å². The van der Waals surface area contributed by atoms with Crippen LogP contribution in [0.3, 0.4) is 0 Å². The predicted octanol–water partition coefficient (Wildman–Crippen LogP) is 5.21. The van der Waals surface area contributed by atoms with Crippen LogP contribution in [0.5, 0.6) is 0 Å². The lowest BCUT2D eigenvalue weighted by Gasteiger charge is -2.38. The molecule has 0 saturated carbocycles. The van der Waals surface area contributed by atoms with E-state index in [0.29, 0.717) is 45.6 Å². The van der Waals surface area contributed by atoms with Crippen molar-refractivity contribution < 1.29 is 9.59 Å². The second-order valence-corrected chi connectivity index (χ2v) is 11.7. The number of para-hydroxylation sites is 1. The number of nitrogens with one attached hydrogen (secondary N) is 1. The Morgan fingerprint density at radius 3 is 2.69 bits per heavy atom. The van der Waals surface area contributed by atoms with Gasteiger partial charge in [0.15, 0.2) is 10.1 Å². The first kappa shape index (κ1) is 26.6. The standard InChI is InChI=1S/C27H20BrN7O2S2/c28-18-8-3-2-7-16(18)23-17(13-30)25(31)35(20-10-5-11-21(36)24(20)23)26-33-34-27(39-26)38-14-22(37)32-19-9-4-1-6-15(19)12-29/h1-4,6-9,23H,5,10-11,14,31H2,(H,32,37). The Bertz CT molecular complexity index is 1630. The lowest BCUT2D eigenvalue weighted by atomic mass is 9.76. The highest BCUT2D eigenvalue weighted by atomic mass is 79.9. The monoisotopic (exact) mass is 617 g/mol. The number of amides is 1. The third-order valence-corrected chi connectivity index (χ3v) is 9.13. The van der Waals surface area contributed by atoms with E-state index in [1.807, 2.05) is 24.3 Å². The number of carbonyl (C=O) groups excluding carboxylic acids is 2. The molecule has 1 aromatic heterocycles. The Morgan fingerprint density at radius 2 is 1.92 bits per heavy atom. The van der Waals surface area contributed by atoms with E-state index in [0.717, 1.165) is 15.7 Å². The molecule has 3 aromatic rings. The van der Waals surface area contributed by atoms with Gasteiger partial charge < -0.3 is 11.1 Å². The van der Waals surface area contributed by atoms with Crippen LogP contribution in [0.2, 0.25) is 0 Å². The summed E-state index contributed by atoms with van der Waals surface area (Å²) in [6, 6.07) is 18.6. The van der Waals surface area contributed by atoms with E-state index in [2.05, 4.69) is 43.6 Å². The fourth-order valence-corrected chi connectivity index (χ4v) is 6.87. The molecule has 12 heteroatoms. The van der Waals surface area contributed by atoms with Crippen LogP contribution in [0.15, 0.2) is 80.0 Å². The molecule has 5 rings (SSSR count). The van der Waals surface area contributed by atoms with Crippen LogP contribution in [-0.2, 0) is 9.59 Å². The zero-order chi connectivity index (χ0) is 27.5. The maximum Gasteiger partial charge on any atom is 0.234 e. The number of nitrogens with two attached hydrogens (primary N) is 1. The van der Waals surface area contributed by atoms with Gasteiger partial charge in [-0.15, -0.1) is 10.2 Å². The van der Waals surface area contributed by atoms with E-state index < -0.39 is 5.92 Å². The van der Waals surface area contributed by atoms with Crippen LogP contribution < -0.4 is 16.0 Å². The fourth-order valence-electron chi connectivity index (χ4n) is 4.68. The highest BCUT2D eigenvalue weighted by Gasteiger charge is 2.41. The number of nitriles is 2. The molecule has 0 fully saturated rings. The molecule has 0 radical (unpaired) electrons. The summed E-state index contributed by atoms with van der Waals surface area (Å²) in [6.45, 7) is 0. The van der Waals surface area contributed by atoms with Crippen molar-refractivity contribution in [2.45, 2.75) is 29.5 Å². The van der Waals surface area contributed by atoms with Gasteiger partial charge in [-0.25, -0.2) is 0 Å². The Hall–Kier alpha value is -3.97. The molecule has 1 aliphatic heterocycles. The number of hydrogen-bond donors (Lipinski definition) is 2. The van der Waals surface area contributed by atoms with Crippen molar-refractivity contribution in [2.24, 2.45) is 5.73 Å². The molecule has 2 aliphatic rings. The summed E-state index contributed by atoms with van der Waals surface area (Å²) in [7, 11) is 0. The van der Waals surface area contributed by atoms with Gasteiger partial charge in [-0.3, -0.25) is 14.5 Å². The number of hydrogen-bond acceptors (Lipinski definition) is 10. The van der Waals surface area contributed by atoms with E-state index in [1.54, 1.807) is 29.2 Å². The number of halogens is 1. The van der Waals surface area contributed by atoms with E-state index in [9.17, 15) is 20.1 Å². The molecule has 39 heavy (non-hydrogen) atoms. The Balaban J connectivity index is 1.43. The number of nitrogens with zero attached hydrogens (tertiary/aromatic N) is 5. The van der Waals surface area contributed by atoms with Crippen LogP contribution >= 0.6 is 39.0 Å². The number of carbonyl (C=O) groups is 2. The highest BCUT2D eigenvalue weighted by molar-refractivity contribution is 9.10. The number of allylic oxidation sites excluding steroid dienone is 3. The average Bonchev–Trinajstić information content (AvgIpc) is 3.40. The second kappa shape index (κ2) is 11.4. The molecular weight excluding hydrogens is 598 g/mol. The van der Waals surface area contributed by atoms with Crippen molar-refractivity contribution >= 4 is 61.5 Å². The van der Waals surface area contributed by atoms with Gasteiger partial charge in [0.2, 0.25) is 11.0 Å². The maximum absolute atomic E-state index is 13.3. The van der Waals surface area contributed by atoms with Crippen molar-refractivity contribution in [3.05, 3.63) is 86.8 Å². The molecule has 3 N–H and O–H groups in total. The van der Waals surface area contributed by atoms with Crippen LogP contribution in [0.1, 0.15) is 36.3 Å². The normalized spacial score (nSPS) is 16.9. The van der Waals surface area contributed by atoms with Gasteiger partial charge >= 0.3 is 0 Å². The molecule has 0 bridgehead atoms. The minimum absolute atomic E-state index is 0.0179. The van der Waals surface area contributed by atoms with Crippen molar-refractivity contribution in [3.8, 4) is 12.1 Å². The Morgan fingerprint density at radius 1 is 1.15 bits per heavy atom. The molecule has 1 unspecified atom stereocenters. The van der Waals surface area contributed by atoms with Crippen LogP contribution in [0, 0.1) is 22.7 Å². The summed E-state index contributed by atoms with van der Waals surface area (Å²) in [5, 5.41) is 31.1. The number of thioether (sulfide) groups is 1. The molecule has 9 nitrogen and oxygen atoms in total. The van der Waals surface area contributed by atoms with Crippen molar-refractivity contribution in [1.82, 2.24) is 10.2 Å². The third-order valence-electron chi connectivity index (χ3n) is 6.36. The highest BCUT2D eigenvalue weighted by Crippen LogP contribution is 2.48. The van der Waals surface area contributed by atoms with Crippen molar-refractivity contribution in [1.29, 1.82) is 10.5 Å². The molecule has 0 spiro atoms. The van der Waals surface area contributed by atoms with Crippen LogP contribution in [0.25, 0.3) is 0 Å². The number of Topliss-reactive ketones (excluding diaryl/α,β-unsaturated/α-hetero) is 1. The van der Waals surface area contributed by atoms with Crippen molar-refractivity contribution in [2.75, 3.05) is 16.0 Å². The van der Waals surface area contributed by atoms with Gasteiger partial charge in [0, 0.05) is 22.2 Å². The van der Waals surface area contributed by atoms with Gasteiger partial charge in [-0.1, -0.05) is 69.4 Å². The molecule has 1 amide bonds. The second-order valence-electron chi connectivity index (χ2n) is 8.68. The van der Waals surface area contributed by atoms with Gasteiger partial charge in [0.1, 0.15) is 11.9 Å². The lowest BCUT2D eigenvalue weighted by molar-refractivity contribution is -0.116. The lowest BCUT2D eigenvalue weighted by Crippen LogP contribution is -2.38. The maximum atomic E-state index is 13.3. The topological polar surface area (TPSA) is 149 Å². The molecule has 194 valence electrons. The van der Waals surface area contributed by atoms with Gasteiger partial charge in [0.05, 0.1) is 34.6 Å². The SMILES string of the molecule is N#CC1=C(N)N(c2nnc(SCC(=O)Nc3ccccc3C#N)s2)C2=C(C(=O)CCC2)C1c1ccccc1Br. The summed E-state index contributed by atoms with van der Waals surface area (Å²) in [5.41, 5.74) is 9.78. The minimum Gasteiger partial charge on any atom is -0.384 e. The predicted molar refractivity (Wildman–Crippen MR) is 152 cm³/mol. The van der Waals surface area contributed by atoms with Crippen LogP contribution in [-0.4, -0.2) is 27.6 Å². The zero-order valence-corrected chi connectivity index (χ0v) is 23.6. The fraction of sp³-hybridized carbons (Fsp3) is 0.185. The number of rotatable bonds is 6. The van der Waals surface area contributed by atoms with E-state index >= 15 is 0 Å². The largest absolute Gasteiger partial charge is 0.384 e. The van der Waals surface area contributed by atoms with E-state index in [1.165, 1.54) is 23.1 Å².